The molecule has 5 nitrogen and oxygen atoms in total. The van der Waals surface area contributed by atoms with Crippen molar-refractivity contribution in [1.29, 1.82) is 0 Å². The Kier molecular flexibility index (Phi) is 2.35. The Morgan fingerprint density at radius 1 is 1.38 bits per heavy atom. The summed E-state index contributed by atoms with van der Waals surface area (Å²) in [4.78, 5) is 4.38. The van der Waals surface area contributed by atoms with E-state index in [-0.39, 0.29) is 0 Å². The molecule has 0 aliphatic carbocycles. The maximum atomic E-state index is 5.79. The van der Waals surface area contributed by atoms with Gasteiger partial charge in [-0.15, -0.1) is 0 Å². The van der Waals surface area contributed by atoms with Crippen LogP contribution in [0, 0.1) is 0 Å². The van der Waals surface area contributed by atoms with E-state index in [0.29, 0.717) is 30.2 Å². The van der Waals surface area contributed by atoms with Gasteiger partial charge in [0.15, 0.2) is 5.82 Å². The average molecular weight is 223 g/mol. The van der Waals surface area contributed by atoms with Crippen LogP contribution < -0.4 is 5.32 Å². The highest BCUT2D eigenvalue weighted by atomic mass is 16.5. The number of ether oxygens (including phenoxy) is 1. The lowest BCUT2D eigenvalue weighted by Crippen LogP contribution is -2.16. The van der Waals surface area contributed by atoms with E-state index in [4.69, 9.17) is 9.26 Å². The zero-order chi connectivity index (χ0) is 11.1. The maximum absolute atomic E-state index is 5.79. The standard InChI is InChI=1S/C11H17N3O2/c1-6(2)12-11-13-10(14-16-11)8-5-7-3-4-9(8)15-7/h6-9H,3-5H2,1-2H3,(H,12,13,14). The quantitative estimate of drug-likeness (QED) is 0.848. The Labute approximate surface area is 94.6 Å². The number of anilines is 1. The van der Waals surface area contributed by atoms with E-state index in [1.165, 1.54) is 6.42 Å². The van der Waals surface area contributed by atoms with Crippen molar-refractivity contribution in [1.82, 2.24) is 10.1 Å². The maximum Gasteiger partial charge on any atom is 0.321 e. The zero-order valence-electron chi connectivity index (χ0n) is 9.64. The van der Waals surface area contributed by atoms with Crippen LogP contribution in [-0.2, 0) is 4.74 Å². The first-order valence-electron chi connectivity index (χ1n) is 5.98. The summed E-state index contributed by atoms with van der Waals surface area (Å²) >= 11 is 0. The highest BCUT2D eigenvalue weighted by Crippen LogP contribution is 2.43. The number of nitrogens with one attached hydrogen (secondary N) is 1. The fourth-order valence-electron chi connectivity index (χ4n) is 2.60. The lowest BCUT2D eigenvalue weighted by molar-refractivity contribution is 0.0996. The fourth-order valence-corrected chi connectivity index (χ4v) is 2.60. The summed E-state index contributed by atoms with van der Waals surface area (Å²) in [5.74, 6) is 1.14. The first-order valence-corrected chi connectivity index (χ1v) is 5.98. The Morgan fingerprint density at radius 3 is 2.88 bits per heavy atom. The van der Waals surface area contributed by atoms with Crippen LogP contribution in [0.15, 0.2) is 4.52 Å². The molecule has 1 aromatic heterocycles. The minimum atomic E-state index is 0.310. The van der Waals surface area contributed by atoms with Crippen molar-refractivity contribution in [2.24, 2.45) is 0 Å². The first kappa shape index (κ1) is 10.1. The van der Waals surface area contributed by atoms with Gasteiger partial charge in [0.1, 0.15) is 0 Å². The summed E-state index contributed by atoms with van der Waals surface area (Å²) in [5.41, 5.74) is 0. The molecule has 2 bridgehead atoms. The van der Waals surface area contributed by atoms with Crippen molar-refractivity contribution in [2.45, 2.75) is 57.3 Å². The van der Waals surface area contributed by atoms with Gasteiger partial charge in [0.25, 0.3) is 0 Å². The van der Waals surface area contributed by atoms with Crippen molar-refractivity contribution in [2.75, 3.05) is 5.32 Å². The molecule has 2 fully saturated rings. The van der Waals surface area contributed by atoms with Gasteiger partial charge in [-0.1, -0.05) is 5.16 Å². The molecule has 3 unspecified atom stereocenters. The van der Waals surface area contributed by atoms with Crippen LogP contribution in [0.5, 0.6) is 0 Å². The number of hydrogen-bond donors (Lipinski definition) is 1. The number of hydrogen-bond acceptors (Lipinski definition) is 5. The monoisotopic (exact) mass is 223 g/mol. The Morgan fingerprint density at radius 2 is 2.25 bits per heavy atom. The van der Waals surface area contributed by atoms with E-state index >= 15 is 0 Å². The molecule has 3 heterocycles. The first-order chi connectivity index (χ1) is 7.72. The van der Waals surface area contributed by atoms with E-state index in [9.17, 15) is 0 Å². The molecule has 2 saturated heterocycles. The summed E-state index contributed by atoms with van der Waals surface area (Å²) in [6.45, 7) is 4.09. The van der Waals surface area contributed by atoms with Crippen LogP contribution >= 0.6 is 0 Å². The van der Waals surface area contributed by atoms with Crippen LogP contribution in [0.2, 0.25) is 0 Å². The minimum absolute atomic E-state index is 0.310. The predicted octanol–water partition coefficient (Wildman–Crippen LogP) is 1.92. The summed E-state index contributed by atoms with van der Waals surface area (Å²) < 4.78 is 11.0. The summed E-state index contributed by atoms with van der Waals surface area (Å²) in [6.07, 6.45) is 4.11. The topological polar surface area (TPSA) is 60.2 Å². The molecule has 16 heavy (non-hydrogen) atoms. The third-order valence-corrected chi connectivity index (χ3v) is 3.29. The van der Waals surface area contributed by atoms with Gasteiger partial charge in [-0.05, 0) is 33.1 Å². The fraction of sp³-hybridized carbons (Fsp3) is 0.818. The van der Waals surface area contributed by atoms with E-state index < -0.39 is 0 Å². The van der Waals surface area contributed by atoms with Gasteiger partial charge in [0.05, 0.1) is 18.1 Å². The Hall–Kier alpha value is -1.10. The van der Waals surface area contributed by atoms with Crippen LogP contribution in [-0.4, -0.2) is 28.4 Å². The van der Waals surface area contributed by atoms with Crippen molar-refractivity contribution < 1.29 is 9.26 Å². The second kappa shape index (κ2) is 3.73. The molecule has 0 aromatic carbocycles. The molecule has 0 saturated carbocycles. The predicted molar refractivity (Wildman–Crippen MR) is 58.3 cm³/mol. The van der Waals surface area contributed by atoms with Crippen molar-refractivity contribution in [3.8, 4) is 0 Å². The molecule has 1 aromatic rings. The zero-order valence-corrected chi connectivity index (χ0v) is 9.64. The van der Waals surface area contributed by atoms with Gasteiger partial charge >= 0.3 is 6.01 Å². The second-order valence-electron chi connectivity index (χ2n) is 4.97. The molecule has 3 atom stereocenters. The van der Waals surface area contributed by atoms with Crippen molar-refractivity contribution >= 4 is 6.01 Å². The third-order valence-electron chi connectivity index (χ3n) is 3.29. The van der Waals surface area contributed by atoms with Crippen LogP contribution in [0.4, 0.5) is 6.01 Å². The summed E-state index contributed by atoms with van der Waals surface area (Å²) in [5, 5.41) is 7.15. The second-order valence-corrected chi connectivity index (χ2v) is 4.97. The molecule has 0 spiro atoms. The highest BCUT2D eigenvalue weighted by Gasteiger charge is 2.43. The number of rotatable bonds is 3. The molecule has 2 aliphatic rings. The molecule has 1 N–H and O–H groups in total. The number of nitrogens with zero attached hydrogens (tertiary/aromatic N) is 2. The van der Waals surface area contributed by atoms with Gasteiger partial charge in [0.2, 0.25) is 0 Å². The molecular weight excluding hydrogens is 206 g/mol. The van der Waals surface area contributed by atoms with Gasteiger partial charge in [-0.3, -0.25) is 0 Å². The minimum Gasteiger partial charge on any atom is -0.374 e. The van der Waals surface area contributed by atoms with E-state index in [1.54, 1.807) is 0 Å². The third kappa shape index (κ3) is 1.69. The van der Waals surface area contributed by atoms with E-state index in [1.807, 2.05) is 13.8 Å². The normalized spacial score (nSPS) is 32.6. The summed E-state index contributed by atoms with van der Waals surface area (Å²) in [7, 11) is 0. The largest absolute Gasteiger partial charge is 0.374 e. The van der Waals surface area contributed by atoms with Gasteiger partial charge in [-0.2, -0.15) is 4.98 Å². The Bertz CT molecular complexity index is 377. The Balaban J connectivity index is 1.73. The molecule has 88 valence electrons. The van der Waals surface area contributed by atoms with Gasteiger partial charge in [0, 0.05) is 6.04 Å². The van der Waals surface area contributed by atoms with Crippen molar-refractivity contribution in [3.05, 3.63) is 5.82 Å². The van der Waals surface area contributed by atoms with E-state index in [0.717, 1.165) is 18.7 Å². The SMILES string of the molecule is CC(C)Nc1nc(C2CC3CCC2O3)no1. The van der Waals surface area contributed by atoms with Crippen LogP contribution in [0.25, 0.3) is 0 Å². The number of aromatic nitrogens is 2. The van der Waals surface area contributed by atoms with E-state index in [2.05, 4.69) is 15.5 Å². The molecule has 0 amide bonds. The smallest absolute Gasteiger partial charge is 0.321 e. The molecule has 5 heteroatoms. The van der Waals surface area contributed by atoms with Gasteiger partial charge < -0.3 is 14.6 Å². The highest BCUT2D eigenvalue weighted by molar-refractivity contribution is 5.21. The average Bonchev–Trinajstić information content (AvgIpc) is 2.89. The summed E-state index contributed by atoms with van der Waals surface area (Å²) in [6, 6.07) is 0.831. The lowest BCUT2D eigenvalue weighted by atomic mass is 9.89. The molecule has 3 rings (SSSR count). The van der Waals surface area contributed by atoms with Crippen LogP contribution in [0.3, 0.4) is 0 Å². The molecular formula is C11H17N3O2. The van der Waals surface area contributed by atoms with Crippen LogP contribution in [0.1, 0.15) is 44.9 Å². The van der Waals surface area contributed by atoms with Gasteiger partial charge in [-0.25, -0.2) is 0 Å². The molecule has 2 aliphatic heterocycles. The lowest BCUT2D eigenvalue weighted by Gasteiger charge is -2.13. The van der Waals surface area contributed by atoms with Crippen molar-refractivity contribution in [3.63, 3.8) is 0 Å². The molecule has 0 radical (unpaired) electrons. The number of fused-ring (bicyclic) bond motifs is 2.